The second kappa shape index (κ2) is 12.1. The quantitative estimate of drug-likeness (QED) is 0.127. The van der Waals surface area contributed by atoms with Gasteiger partial charge in [0.15, 0.2) is 0 Å². The molecule has 2 aromatic heterocycles. The highest BCUT2D eigenvalue weighted by Crippen LogP contribution is 2.50. The van der Waals surface area contributed by atoms with Crippen LogP contribution in [0.2, 0.25) is 0 Å². The molecule has 0 spiro atoms. The SMILES string of the molecule is [C-]#[N+]c1c(N)sc2c(F)ccc(-c3cc4nc(OC[C@@]56CCCN5C[C@H](F)C6)nc(N(C)[C@@H]5CCN(C(=O)C=C)C5)c4cc3C(F)(F)F)c12. The number of nitrogens with zero attached hydrogens (tertiary/aromatic N) is 6. The van der Waals surface area contributed by atoms with Crippen LogP contribution in [-0.2, 0) is 11.0 Å². The average molecular weight is 698 g/mol. The number of nitrogen functional groups attached to an aromatic ring is 1. The van der Waals surface area contributed by atoms with Crippen molar-refractivity contribution in [2.75, 3.05) is 50.5 Å². The zero-order chi connectivity index (χ0) is 34.8. The van der Waals surface area contributed by atoms with Crippen molar-refractivity contribution >= 4 is 54.7 Å². The molecular formula is C34H32F5N7O2S. The molecule has 7 rings (SSSR count). The van der Waals surface area contributed by atoms with Crippen LogP contribution in [0.5, 0.6) is 6.01 Å². The number of amides is 1. The van der Waals surface area contributed by atoms with E-state index in [2.05, 4.69) is 26.3 Å². The third kappa shape index (κ3) is 5.60. The summed E-state index contributed by atoms with van der Waals surface area (Å²) in [6.45, 7) is 13.1. The number of hydrogen-bond acceptors (Lipinski definition) is 8. The Balaban J connectivity index is 1.40. The predicted molar refractivity (Wildman–Crippen MR) is 178 cm³/mol. The fourth-order valence-electron chi connectivity index (χ4n) is 7.65. The molecule has 5 heterocycles. The van der Waals surface area contributed by atoms with Crippen LogP contribution < -0.4 is 15.4 Å². The average Bonchev–Trinajstić information content (AvgIpc) is 3.84. The second-order valence-electron chi connectivity index (χ2n) is 12.9. The topological polar surface area (TPSA) is 92.2 Å². The number of aromatic nitrogens is 2. The van der Waals surface area contributed by atoms with Gasteiger partial charge in [-0.1, -0.05) is 12.6 Å². The monoisotopic (exact) mass is 697 g/mol. The molecule has 1 amide bonds. The summed E-state index contributed by atoms with van der Waals surface area (Å²) in [5.41, 5.74) is 4.11. The lowest BCUT2D eigenvalue weighted by Crippen LogP contribution is -2.43. The van der Waals surface area contributed by atoms with Gasteiger partial charge in [-0.2, -0.15) is 23.1 Å². The Bertz CT molecular complexity index is 2050. The fourth-order valence-corrected chi connectivity index (χ4v) is 8.58. The number of benzene rings is 2. The normalized spacial score (nSPS) is 22.5. The Morgan fingerprint density at radius 2 is 2.06 bits per heavy atom. The van der Waals surface area contributed by atoms with Gasteiger partial charge in [-0.3, -0.25) is 9.69 Å². The van der Waals surface area contributed by atoms with Crippen molar-refractivity contribution in [3.05, 3.63) is 59.7 Å². The highest BCUT2D eigenvalue weighted by Gasteiger charge is 2.49. The first-order valence-electron chi connectivity index (χ1n) is 15.8. The molecule has 2 aromatic carbocycles. The Labute approximate surface area is 282 Å². The van der Waals surface area contributed by atoms with Gasteiger partial charge >= 0.3 is 12.2 Å². The lowest BCUT2D eigenvalue weighted by atomic mass is 9.94. The third-order valence-electron chi connectivity index (χ3n) is 10.1. The maximum Gasteiger partial charge on any atom is 0.417 e. The van der Waals surface area contributed by atoms with Crippen LogP contribution in [0.3, 0.4) is 0 Å². The summed E-state index contributed by atoms with van der Waals surface area (Å²) in [6, 6.07) is 4.11. The lowest BCUT2D eigenvalue weighted by molar-refractivity contribution is -0.137. The first kappa shape index (κ1) is 33.0. The summed E-state index contributed by atoms with van der Waals surface area (Å²) in [7, 11) is 1.70. The maximum absolute atomic E-state index is 14.9. The lowest BCUT2D eigenvalue weighted by Gasteiger charge is -2.31. The van der Waals surface area contributed by atoms with Crippen LogP contribution in [0.4, 0.5) is 38.5 Å². The van der Waals surface area contributed by atoms with E-state index >= 15 is 0 Å². The van der Waals surface area contributed by atoms with E-state index < -0.39 is 29.3 Å². The molecule has 3 atom stereocenters. The minimum atomic E-state index is -4.87. The zero-order valence-corrected chi connectivity index (χ0v) is 27.3. The smallest absolute Gasteiger partial charge is 0.417 e. The summed E-state index contributed by atoms with van der Waals surface area (Å²) < 4.78 is 80.4. The number of halogens is 5. The molecule has 0 unspecified atom stereocenters. The highest BCUT2D eigenvalue weighted by atomic mass is 32.1. The molecule has 0 bridgehead atoms. The first-order valence-corrected chi connectivity index (χ1v) is 16.6. The van der Waals surface area contributed by atoms with Crippen molar-refractivity contribution in [1.29, 1.82) is 0 Å². The van der Waals surface area contributed by atoms with E-state index in [1.807, 2.05) is 0 Å². The minimum absolute atomic E-state index is 0.00377. The van der Waals surface area contributed by atoms with Crippen LogP contribution in [0.15, 0.2) is 36.9 Å². The number of carbonyl (C=O) groups is 1. The molecule has 3 aliphatic heterocycles. The zero-order valence-electron chi connectivity index (χ0n) is 26.5. The molecule has 3 aliphatic rings. The largest absolute Gasteiger partial charge is 0.461 e. The maximum atomic E-state index is 14.9. The number of rotatable bonds is 7. The molecule has 4 aromatic rings. The van der Waals surface area contributed by atoms with Gasteiger partial charge < -0.3 is 20.3 Å². The van der Waals surface area contributed by atoms with Crippen LogP contribution in [-0.4, -0.2) is 83.3 Å². The van der Waals surface area contributed by atoms with Gasteiger partial charge in [0.2, 0.25) is 11.6 Å². The van der Waals surface area contributed by atoms with Gasteiger partial charge in [0.25, 0.3) is 0 Å². The van der Waals surface area contributed by atoms with E-state index in [1.165, 1.54) is 18.2 Å². The second-order valence-corrected chi connectivity index (χ2v) is 13.9. The number of alkyl halides is 4. The summed E-state index contributed by atoms with van der Waals surface area (Å²) >= 11 is 0.799. The number of hydrogen-bond donors (Lipinski definition) is 1. The fraction of sp³-hybridized carbons (Fsp3) is 0.412. The highest BCUT2D eigenvalue weighted by molar-refractivity contribution is 7.23. The summed E-state index contributed by atoms with van der Waals surface area (Å²) in [5.74, 6) is -0.792. The summed E-state index contributed by atoms with van der Waals surface area (Å²) in [4.78, 5) is 30.4. The minimum Gasteiger partial charge on any atom is -0.461 e. The van der Waals surface area contributed by atoms with Gasteiger partial charge in [0, 0.05) is 49.9 Å². The van der Waals surface area contributed by atoms with Gasteiger partial charge in [-0.05, 0) is 61.2 Å². The molecule has 0 saturated carbocycles. The molecule has 2 N–H and O–H groups in total. The number of ether oxygens (including phenoxy) is 1. The van der Waals surface area contributed by atoms with E-state index in [1.54, 1.807) is 16.8 Å². The number of anilines is 2. The van der Waals surface area contributed by atoms with Crippen LogP contribution >= 0.6 is 11.3 Å². The van der Waals surface area contributed by atoms with E-state index in [0.29, 0.717) is 32.5 Å². The van der Waals surface area contributed by atoms with Crippen molar-refractivity contribution in [2.24, 2.45) is 0 Å². The Hall–Kier alpha value is -4.55. The van der Waals surface area contributed by atoms with Crippen molar-refractivity contribution in [3.63, 3.8) is 0 Å². The summed E-state index contributed by atoms with van der Waals surface area (Å²) in [5, 5.41) is 0.0693. The number of thiophene rings is 1. The Morgan fingerprint density at radius 3 is 2.80 bits per heavy atom. The molecule has 3 fully saturated rings. The molecule has 49 heavy (non-hydrogen) atoms. The number of fused-ring (bicyclic) bond motifs is 3. The van der Waals surface area contributed by atoms with Crippen molar-refractivity contribution in [1.82, 2.24) is 19.8 Å². The van der Waals surface area contributed by atoms with E-state index in [4.69, 9.17) is 17.0 Å². The Kier molecular flexibility index (Phi) is 8.14. The Morgan fingerprint density at radius 1 is 1.27 bits per heavy atom. The van der Waals surface area contributed by atoms with Crippen LogP contribution in [0.25, 0.3) is 37.0 Å². The number of likely N-dealkylation sites (N-methyl/N-ethyl adjacent to an activating group) is 1. The molecular weight excluding hydrogens is 665 g/mol. The predicted octanol–water partition coefficient (Wildman–Crippen LogP) is 6.98. The van der Waals surface area contributed by atoms with Crippen molar-refractivity contribution < 1.29 is 31.5 Å². The molecule has 0 radical (unpaired) electrons. The number of likely N-dealkylation sites (tertiary alicyclic amines) is 1. The van der Waals surface area contributed by atoms with Gasteiger partial charge in [0.05, 0.1) is 32.9 Å². The van der Waals surface area contributed by atoms with Crippen LogP contribution in [0, 0.1) is 12.4 Å². The summed E-state index contributed by atoms with van der Waals surface area (Å²) in [6.07, 6.45) is -2.19. The van der Waals surface area contributed by atoms with Gasteiger partial charge in [-0.15, -0.1) is 11.3 Å². The van der Waals surface area contributed by atoms with E-state index in [-0.39, 0.29) is 73.2 Å². The van der Waals surface area contributed by atoms with E-state index in [0.717, 1.165) is 42.9 Å². The molecule has 15 heteroatoms. The number of carbonyl (C=O) groups excluding carboxylic acids is 1. The van der Waals surface area contributed by atoms with Crippen molar-refractivity contribution in [3.8, 4) is 17.1 Å². The molecule has 3 saturated heterocycles. The number of nitrogens with two attached hydrogens (primary N) is 1. The standard InChI is InChI=1S/C34H32F5N7O2S/c1-4-26(47)45-11-8-19(16-45)44(3)31-22-12-23(34(37,38)39)21(20-6-7-24(36)29-27(20)28(41-2)30(40)49-29)13-25(22)42-32(43-31)48-17-33-9-5-10-46(33)15-18(35)14-33/h4,6-7,12-13,18-19H,1,5,8-11,14-17,40H2,3H3/t18-,19-,33+/m1/s1. The van der Waals surface area contributed by atoms with Crippen LogP contribution in [0.1, 0.15) is 31.2 Å². The third-order valence-corrected chi connectivity index (χ3v) is 11.1. The molecule has 9 nitrogen and oxygen atoms in total. The van der Waals surface area contributed by atoms with Gasteiger partial charge in [0.1, 0.15) is 24.4 Å². The van der Waals surface area contributed by atoms with E-state index in [9.17, 15) is 26.7 Å². The molecule has 256 valence electrons. The van der Waals surface area contributed by atoms with Crippen molar-refractivity contribution in [2.45, 2.75) is 49.6 Å². The first-order chi connectivity index (χ1) is 23.3. The van der Waals surface area contributed by atoms with Gasteiger partial charge in [-0.25, -0.2) is 13.6 Å². The molecule has 0 aliphatic carbocycles.